The third-order valence-electron chi connectivity index (χ3n) is 6.14. The first-order valence-corrected chi connectivity index (χ1v) is 15.2. The van der Waals surface area contributed by atoms with Crippen LogP contribution in [-0.4, -0.2) is 23.7 Å². The average Bonchev–Trinajstić information content (AvgIpc) is 2.85. The van der Waals surface area contributed by atoms with Crippen molar-refractivity contribution >= 4 is 11.9 Å². The van der Waals surface area contributed by atoms with Crippen LogP contribution in [0.2, 0.25) is 0 Å². The van der Waals surface area contributed by atoms with E-state index in [1.165, 1.54) is 110 Å². The molecular formula is C32H60O4. The van der Waals surface area contributed by atoms with E-state index in [2.05, 4.69) is 38.2 Å². The van der Waals surface area contributed by atoms with E-state index in [1.54, 1.807) is 0 Å². The molecule has 0 heterocycles. The van der Waals surface area contributed by atoms with Gasteiger partial charge in [0, 0.05) is 13.3 Å². The van der Waals surface area contributed by atoms with E-state index in [0.717, 1.165) is 32.1 Å². The Balaban J connectivity index is 0. The Hall–Kier alpha value is -1.58. The Morgan fingerprint density at radius 3 is 1.28 bits per heavy atom. The van der Waals surface area contributed by atoms with Crippen LogP contribution in [0.4, 0.5) is 0 Å². The summed E-state index contributed by atoms with van der Waals surface area (Å²) in [6, 6.07) is 0. The Morgan fingerprint density at radius 2 is 0.917 bits per heavy atom. The summed E-state index contributed by atoms with van der Waals surface area (Å²) in [4.78, 5) is 20.8. The number of aliphatic carboxylic acids is 1. The molecule has 0 bridgehead atoms. The van der Waals surface area contributed by atoms with E-state index in [9.17, 15) is 9.59 Å². The van der Waals surface area contributed by atoms with Gasteiger partial charge in [-0.2, -0.15) is 0 Å². The van der Waals surface area contributed by atoms with E-state index in [1.807, 2.05) is 0 Å². The fraction of sp³-hybridized carbons (Fsp3) is 0.812. The second-order valence-electron chi connectivity index (χ2n) is 9.83. The van der Waals surface area contributed by atoms with Crippen molar-refractivity contribution in [2.45, 2.75) is 162 Å². The zero-order valence-electron chi connectivity index (χ0n) is 24.2. The summed E-state index contributed by atoms with van der Waals surface area (Å²) in [7, 11) is 0. The van der Waals surface area contributed by atoms with Crippen LogP contribution in [0.5, 0.6) is 0 Å². The lowest BCUT2D eigenvalue weighted by atomic mass is 10.1. The molecule has 4 nitrogen and oxygen atoms in total. The SMILES string of the molecule is CC/C=C/CCCCCCCCCCCC(=O)O.CC/C=C/CCCCCCCCCCOC(C)=O. The van der Waals surface area contributed by atoms with Gasteiger partial charge in [0.05, 0.1) is 6.61 Å². The molecule has 0 atom stereocenters. The number of unbranched alkanes of at least 4 members (excludes halogenated alkanes) is 17. The molecule has 36 heavy (non-hydrogen) atoms. The Morgan fingerprint density at radius 1 is 0.556 bits per heavy atom. The lowest BCUT2D eigenvalue weighted by Crippen LogP contribution is -2.00. The van der Waals surface area contributed by atoms with Gasteiger partial charge in [-0.05, 0) is 51.4 Å². The first kappa shape index (κ1) is 36.6. The lowest BCUT2D eigenvalue weighted by Gasteiger charge is -2.02. The molecule has 0 aliphatic heterocycles. The van der Waals surface area contributed by atoms with Gasteiger partial charge in [0.25, 0.3) is 0 Å². The highest BCUT2D eigenvalue weighted by molar-refractivity contribution is 5.66. The van der Waals surface area contributed by atoms with Gasteiger partial charge in [-0.3, -0.25) is 9.59 Å². The number of hydrogen-bond donors (Lipinski definition) is 1. The average molecular weight is 509 g/mol. The standard InChI is InChI=1S/2C16H30O2/c1-3-4-5-6-7-8-9-10-11-12-13-14-15-18-16(2)17;1-2-3-4-5-6-7-8-9-10-11-12-13-14-15-16(17)18/h4-5H,3,6-15H2,1-2H3;3-4H,2,5-15H2,1H3,(H,17,18)/b5-4+;4-3+. The van der Waals surface area contributed by atoms with Gasteiger partial charge in [0.2, 0.25) is 0 Å². The second kappa shape index (κ2) is 33.4. The monoisotopic (exact) mass is 508 g/mol. The number of carbonyl (C=O) groups is 2. The predicted octanol–water partition coefficient (Wildman–Crippen LogP) is 10.4. The fourth-order valence-electron chi connectivity index (χ4n) is 3.99. The third kappa shape index (κ3) is 39.6. The van der Waals surface area contributed by atoms with E-state index in [0.29, 0.717) is 13.0 Å². The molecule has 0 saturated heterocycles. The number of carboxylic acids is 1. The van der Waals surface area contributed by atoms with Crippen molar-refractivity contribution in [3.63, 3.8) is 0 Å². The van der Waals surface area contributed by atoms with Crippen molar-refractivity contribution in [1.82, 2.24) is 0 Å². The van der Waals surface area contributed by atoms with E-state index in [4.69, 9.17) is 9.84 Å². The molecule has 0 aromatic carbocycles. The molecule has 0 unspecified atom stereocenters. The van der Waals surface area contributed by atoms with Gasteiger partial charge >= 0.3 is 11.9 Å². The molecule has 0 saturated carbocycles. The predicted molar refractivity (Wildman–Crippen MR) is 155 cm³/mol. The molecule has 0 rings (SSSR count). The Bertz CT molecular complexity index is 464. The van der Waals surface area contributed by atoms with Crippen molar-refractivity contribution in [3.8, 4) is 0 Å². The van der Waals surface area contributed by atoms with Gasteiger partial charge < -0.3 is 9.84 Å². The summed E-state index contributed by atoms with van der Waals surface area (Å²) in [6.07, 6.45) is 35.5. The maximum Gasteiger partial charge on any atom is 0.303 e. The van der Waals surface area contributed by atoms with Crippen molar-refractivity contribution < 1.29 is 19.4 Å². The van der Waals surface area contributed by atoms with Crippen LogP contribution in [0, 0.1) is 0 Å². The molecule has 0 fully saturated rings. The summed E-state index contributed by atoms with van der Waals surface area (Å²) < 4.78 is 4.89. The maximum absolute atomic E-state index is 10.5. The quantitative estimate of drug-likeness (QED) is 0.0756. The summed E-state index contributed by atoms with van der Waals surface area (Å²) in [6.45, 7) is 6.42. The lowest BCUT2D eigenvalue weighted by molar-refractivity contribution is -0.141. The number of ether oxygens (including phenoxy) is 1. The molecule has 0 aliphatic carbocycles. The highest BCUT2D eigenvalue weighted by atomic mass is 16.5. The molecule has 0 aliphatic rings. The minimum Gasteiger partial charge on any atom is -0.481 e. The Labute approximate surface area is 224 Å². The maximum atomic E-state index is 10.5. The van der Waals surface area contributed by atoms with Crippen molar-refractivity contribution in [2.24, 2.45) is 0 Å². The van der Waals surface area contributed by atoms with E-state index in [-0.39, 0.29) is 5.97 Å². The summed E-state index contributed by atoms with van der Waals surface area (Å²) in [5, 5.41) is 8.49. The number of carboxylic acid groups (broad SMARTS) is 1. The largest absolute Gasteiger partial charge is 0.481 e. The van der Waals surface area contributed by atoms with Gasteiger partial charge in [-0.25, -0.2) is 0 Å². The molecule has 0 aromatic heterocycles. The first-order chi connectivity index (χ1) is 17.5. The summed E-state index contributed by atoms with van der Waals surface area (Å²) in [5.74, 6) is -0.820. The van der Waals surface area contributed by atoms with Crippen molar-refractivity contribution in [2.75, 3.05) is 6.61 Å². The highest BCUT2D eigenvalue weighted by Crippen LogP contribution is 2.12. The van der Waals surface area contributed by atoms with Crippen LogP contribution >= 0.6 is 0 Å². The smallest absolute Gasteiger partial charge is 0.303 e. The minimum absolute atomic E-state index is 0.160. The molecule has 4 heteroatoms. The number of carbonyl (C=O) groups excluding carboxylic acids is 1. The number of esters is 1. The van der Waals surface area contributed by atoms with E-state index >= 15 is 0 Å². The molecule has 0 radical (unpaired) electrons. The van der Waals surface area contributed by atoms with Crippen LogP contribution in [0.15, 0.2) is 24.3 Å². The van der Waals surface area contributed by atoms with Crippen LogP contribution in [0.3, 0.4) is 0 Å². The summed E-state index contributed by atoms with van der Waals surface area (Å²) >= 11 is 0. The molecule has 212 valence electrons. The van der Waals surface area contributed by atoms with Gasteiger partial charge in [-0.1, -0.05) is 122 Å². The van der Waals surface area contributed by atoms with Crippen molar-refractivity contribution in [1.29, 1.82) is 0 Å². The van der Waals surface area contributed by atoms with Crippen molar-refractivity contribution in [3.05, 3.63) is 24.3 Å². The normalized spacial score (nSPS) is 11.1. The first-order valence-electron chi connectivity index (χ1n) is 15.2. The molecule has 0 spiro atoms. The second-order valence-corrected chi connectivity index (χ2v) is 9.83. The minimum atomic E-state index is -0.660. The molecule has 0 aromatic rings. The highest BCUT2D eigenvalue weighted by Gasteiger charge is 1.97. The van der Waals surface area contributed by atoms with Gasteiger partial charge in [0.15, 0.2) is 0 Å². The van der Waals surface area contributed by atoms with Crippen LogP contribution in [-0.2, 0) is 14.3 Å². The third-order valence-corrected chi connectivity index (χ3v) is 6.14. The summed E-state index contributed by atoms with van der Waals surface area (Å²) in [5.41, 5.74) is 0. The zero-order chi connectivity index (χ0) is 27.0. The zero-order valence-corrected chi connectivity index (χ0v) is 24.2. The topological polar surface area (TPSA) is 63.6 Å². The molecule has 0 amide bonds. The number of hydrogen-bond acceptors (Lipinski definition) is 3. The van der Waals surface area contributed by atoms with Crippen LogP contribution in [0.25, 0.3) is 0 Å². The molecule has 1 N–H and O–H groups in total. The molecular weight excluding hydrogens is 448 g/mol. The fourth-order valence-corrected chi connectivity index (χ4v) is 3.99. The Kier molecular flexibility index (Phi) is 34.0. The van der Waals surface area contributed by atoms with E-state index < -0.39 is 5.97 Å². The number of rotatable bonds is 25. The van der Waals surface area contributed by atoms with Crippen LogP contribution in [0.1, 0.15) is 162 Å². The van der Waals surface area contributed by atoms with Gasteiger partial charge in [-0.15, -0.1) is 0 Å². The number of allylic oxidation sites excluding steroid dienone is 4. The van der Waals surface area contributed by atoms with Crippen LogP contribution < -0.4 is 0 Å². The van der Waals surface area contributed by atoms with Gasteiger partial charge in [0.1, 0.15) is 0 Å².